The van der Waals surface area contributed by atoms with Crippen molar-refractivity contribution in [2.45, 2.75) is 11.9 Å². The first kappa shape index (κ1) is 20.7. The Labute approximate surface area is 182 Å². The Hall–Kier alpha value is -3.58. The van der Waals surface area contributed by atoms with Crippen LogP contribution >= 0.6 is 11.8 Å². The number of hydrogen-bond acceptors (Lipinski definition) is 5. The molecule has 4 aromatic rings. The Morgan fingerprint density at radius 2 is 1.58 bits per heavy atom. The molecule has 1 heterocycles. The largest absolute Gasteiger partial charge is 0.325 e. The maximum atomic E-state index is 13.3. The van der Waals surface area contributed by atoms with Crippen LogP contribution in [0.15, 0.2) is 77.8 Å². The van der Waals surface area contributed by atoms with Gasteiger partial charge in [0.25, 0.3) is 0 Å². The van der Waals surface area contributed by atoms with Crippen molar-refractivity contribution in [3.8, 4) is 11.3 Å². The number of hydrogen-bond donors (Lipinski definition) is 1. The number of carbonyl (C=O) groups is 2. The van der Waals surface area contributed by atoms with E-state index in [-0.39, 0.29) is 23.3 Å². The van der Waals surface area contributed by atoms with Crippen molar-refractivity contribution in [3.63, 3.8) is 0 Å². The lowest BCUT2D eigenvalue weighted by atomic mass is 10.1. The van der Waals surface area contributed by atoms with Crippen molar-refractivity contribution in [1.82, 2.24) is 10.2 Å². The third kappa shape index (κ3) is 4.78. The van der Waals surface area contributed by atoms with Crippen molar-refractivity contribution in [2.24, 2.45) is 0 Å². The van der Waals surface area contributed by atoms with Crippen LogP contribution in [-0.4, -0.2) is 27.6 Å². The number of amides is 1. The summed E-state index contributed by atoms with van der Waals surface area (Å²) in [5, 5.41) is 13.9. The first-order valence-electron chi connectivity index (χ1n) is 9.56. The van der Waals surface area contributed by atoms with Gasteiger partial charge < -0.3 is 5.32 Å². The molecule has 0 radical (unpaired) electrons. The number of carbonyl (C=O) groups excluding carboxylic acids is 2. The molecule has 0 bridgehead atoms. The van der Waals surface area contributed by atoms with Gasteiger partial charge >= 0.3 is 0 Å². The number of nitrogens with one attached hydrogen (secondary N) is 1. The van der Waals surface area contributed by atoms with E-state index in [2.05, 4.69) is 15.5 Å². The SMILES string of the molecule is CC(=O)c1ccc(NC(=O)CSc2nnc(-c3ccc(F)cc3)c3ccccc23)cc1. The summed E-state index contributed by atoms with van der Waals surface area (Å²) in [5.41, 5.74) is 2.65. The fourth-order valence-electron chi connectivity index (χ4n) is 3.13. The van der Waals surface area contributed by atoms with E-state index in [1.165, 1.54) is 30.8 Å². The molecule has 0 aliphatic heterocycles. The van der Waals surface area contributed by atoms with Gasteiger partial charge in [-0.15, -0.1) is 10.2 Å². The van der Waals surface area contributed by atoms with Crippen LogP contribution in [0.5, 0.6) is 0 Å². The molecule has 0 aliphatic rings. The molecule has 4 rings (SSSR count). The highest BCUT2D eigenvalue weighted by atomic mass is 32.2. The molecule has 0 saturated carbocycles. The third-order valence-corrected chi connectivity index (χ3v) is 5.67. The Morgan fingerprint density at radius 1 is 0.903 bits per heavy atom. The zero-order chi connectivity index (χ0) is 21.8. The van der Waals surface area contributed by atoms with E-state index in [1.807, 2.05) is 24.3 Å². The van der Waals surface area contributed by atoms with Crippen molar-refractivity contribution in [2.75, 3.05) is 11.1 Å². The monoisotopic (exact) mass is 431 g/mol. The lowest BCUT2D eigenvalue weighted by molar-refractivity contribution is -0.113. The zero-order valence-corrected chi connectivity index (χ0v) is 17.4. The van der Waals surface area contributed by atoms with E-state index in [1.54, 1.807) is 36.4 Å². The van der Waals surface area contributed by atoms with Gasteiger partial charge in [0.1, 0.15) is 16.5 Å². The lowest BCUT2D eigenvalue weighted by Gasteiger charge is -2.10. The van der Waals surface area contributed by atoms with Crippen molar-refractivity contribution in [3.05, 3.63) is 84.2 Å². The van der Waals surface area contributed by atoms with Gasteiger partial charge in [-0.05, 0) is 55.5 Å². The van der Waals surface area contributed by atoms with Crippen LogP contribution in [-0.2, 0) is 4.79 Å². The van der Waals surface area contributed by atoms with Crippen LogP contribution in [0, 0.1) is 5.82 Å². The molecule has 0 spiro atoms. The first-order valence-corrected chi connectivity index (χ1v) is 10.5. The quantitative estimate of drug-likeness (QED) is 0.328. The number of thioether (sulfide) groups is 1. The normalized spacial score (nSPS) is 10.8. The molecular weight excluding hydrogens is 413 g/mol. The van der Waals surface area contributed by atoms with Gasteiger partial charge in [0.2, 0.25) is 5.91 Å². The van der Waals surface area contributed by atoms with Crippen LogP contribution in [0.2, 0.25) is 0 Å². The molecule has 5 nitrogen and oxygen atoms in total. The van der Waals surface area contributed by atoms with E-state index in [4.69, 9.17) is 0 Å². The van der Waals surface area contributed by atoms with Gasteiger partial charge in [0.05, 0.1) is 5.75 Å². The van der Waals surface area contributed by atoms with Gasteiger partial charge in [-0.3, -0.25) is 9.59 Å². The summed E-state index contributed by atoms with van der Waals surface area (Å²) < 4.78 is 13.3. The number of benzene rings is 3. The molecule has 1 aromatic heterocycles. The summed E-state index contributed by atoms with van der Waals surface area (Å²) in [6, 6.07) is 20.5. The second kappa shape index (κ2) is 9.06. The van der Waals surface area contributed by atoms with E-state index < -0.39 is 0 Å². The first-order chi connectivity index (χ1) is 15.0. The summed E-state index contributed by atoms with van der Waals surface area (Å²) in [6.45, 7) is 1.50. The summed E-state index contributed by atoms with van der Waals surface area (Å²) in [6.07, 6.45) is 0. The molecule has 31 heavy (non-hydrogen) atoms. The van der Waals surface area contributed by atoms with Gasteiger partial charge in [-0.2, -0.15) is 0 Å². The van der Waals surface area contributed by atoms with Crippen LogP contribution in [0.1, 0.15) is 17.3 Å². The second-order valence-electron chi connectivity index (χ2n) is 6.88. The molecule has 0 atom stereocenters. The molecule has 0 aliphatic carbocycles. The van der Waals surface area contributed by atoms with Crippen molar-refractivity contribution >= 4 is 39.9 Å². The van der Waals surface area contributed by atoms with E-state index in [0.717, 1.165) is 16.3 Å². The Morgan fingerprint density at radius 3 is 2.26 bits per heavy atom. The predicted octanol–water partition coefficient (Wildman–Crippen LogP) is 5.37. The second-order valence-corrected chi connectivity index (χ2v) is 7.84. The maximum absolute atomic E-state index is 13.3. The number of halogens is 1. The average Bonchev–Trinajstić information content (AvgIpc) is 2.78. The highest BCUT2D eigenvalue weighted by Gasteiger charge is 2.13. The molecule has 7 heteroatoms. The number of aromatic nitrogens is 2. The minimum atomic E-state index is -0.310. The summed E-state index contributed by atoms with van der Waals surface area (Å²) >= 11 is 1.29. The standard InChI is InChI=1S/C24H18FN3O2S/c1-15(29)16-8-12-19(13-9-16)26-22(30)14-31-24-21-5-3-2-4-20(21)23(27-28-24)17-6-10-18(25)11-7-17/h2-13H,14H2,1H3,(H,26,30). The van der Waals surface area contributed by atoms with E-state index in [9.17, 15) is 14.0 Å². The van der Waals surface area contributed by atoms with Crippen LogP contribution < -0.4 is 5.32 Å². The molecule has 1 amide bonds. The predicted molar refractivity (Wildman–Crippen MR) is 121 cm³/mol. The fraction of sp³-hybridized carbons (Fsp3) is 0.0833. The molecule has 3 aromatic carbocycles. The molecule has 0 unspecified atom stereocenters. The minimum Gasteiger partial charge on any atom is -0.325 e. The van der Waals surface area contributed by atoms with Gasteiger partial charge in [0.15, 0.2) is 5.78 Å². The Kier molecular flexibility index (Phi) is 6.04. The number of Topliss-reactive ketones (excluding diaryl/α,β-unsaturated/α-hetero) is 1. The van der Waals surface area contributed by atoms with E-state index >= 15 is 0 Å². The number of fused-ring (bicyclic) bond motifs is 1. The molecule has 0 saturated heterocycles. The smallest absolute Gasteiger partial charge is 0.234 e. The lowest BCUT2D eigenvalue weighted by Crippen LogP contribution is -2.14. The summed E-state index contributed by atoms with van der Waals surface area (Å²) in [7, 11) is 0. The number of anilines is 1. The highest BCUT2D eigenvalue weighted by molar-refractivity contribution is 8.00. The van der Waals surface area contributed by atoms with Gasteiger partial charge in [-0.1, -0.05) is 36.0 Å². The van der Waals surface area contributed by atoms with Gasteiger partial charge in [0, 0.05) is 27.6 Å². The topological polar surface area (TPSA) is 72.0 Å². The van der Waals surface area contributed by atoms with E-state index in [0.29, 0.717) is 22.0 Å². The number of ketones is 1. The minimum absolute atomic E-state index is 0.0250. The summed E-state index contributed by atoms with van der Waals surface area (Å²) in [5.74, 6) is -0.365. The zero-order valence-electron chi connectivity index (χ0n) is 16.6. The number of rotatable bonds is 6. The fourth-order valence-corrected chi connectivity index (χ4v) is 3.90. The number of nitrogens with zero attached hydrogens (tertiary/aromatic N) is 2. The van der Waals surface area contributed by atoms with Crippen LogP contribution in [0.25, 0.3) is 22.0 Å². The maximum Gasteiger partial charge on any atom is 0.234 e. The molecular formula is C24H18FN3O2S. The van der Waals surface area contributed by atoms with Crippen LogP contribution in [0.4, 0.5) is 10.1 Å². The van der Waals surface area contributed by atoms with Crippen LogP contribution in [0.3, 0.4) is 0 Å². The van der Waals surface area contributed by atoms with Crippen molar-refractivity contribution in [1.29, 1.82) is 0 Å². The van der Waals surface area contributed by atoms with Gasteiger partial charge in [-0.25, -0.2) is 4.39 Å². The third-order valence-electron chi connectivity index (χ3n) is 4.69. The Bertz CT molecular complexity index is 1260. The molecule has 154 valence electrons. The molecule has 0 fully saturated rings. The Balaban J connectivity index is 1.51. The molecule has 1 N–H and O–H groups in total. The van der Waals surface area contributed by atoms with Crippen molar-refractivity contribution < 1.29 is 14.0 Å². The highest BCUT2D eigenvalue weighted by Crippen LogP contribution is 2.31. The summed E-state index contributed by atoms with van der Waals surface area (Å²) in [4.78, 5) is 23.7. The average molecular weight is 431 g/mol.